The molecule has 0 aliphatic rings. The molecule has 0 radical (unpaired) electrons. The van der Waals surface area contributed by atoms with Crippen molar-refractivity contribution in [3.8, 4) is 0 Å². The van der Waals surface area contributed by atoms with Crippen molar-refractivity contribution in [2.75, 3.05) is 0 Å². The van der Waals surface area contributed by atoms with Crippen LogP contribution < -0.4 is 15.6 Å². The Kier molecular flexibility index (Phi) is 6.17. The lowest BCUT2D eigenvalue weighted by atomic mass is 10.1. The Labute approximate surface area is 152 Å². The third kappa shape index (κ3) is 4.93. The minimum absolute atomic E-state index is 0.0200. The van der Waals surface area contributed by atoms with Crippen LogP contribution in [0.15, 0.2) is 52.0 Å². The summed E-state index contributed by atoms with van der Waals surface area (Å²) < 4.78 is 32.3. The summed E-state index contributed by atoms with van der Waals surface area (Å²) in [5.74, 6) is -1.66. The quantitative estimate of drug-likeness (QED) is 0.655. The van der Waals surface area contributed by atoms with Crippen molar-refractivity contribution in [1.29, 1.82) is 0 Å². The Morgan fingerprint density at radius 1 is 1.04 bits per heavy atom. The van der Waals surface area contributed by atoms with Crippen molar-refractivity contribution in [2.24, 2.45) is 5.92 Å². The summed E-state index contributed by atoms with van der Waals surface area (Å²) in [5.41, 5.74) is 5.32. The summed E-state index contributed by atoms with van der Waals surface area (Å²) >= 11 is 0. The van der Waals surface area contributed by atoms with Gasteiger partial charge in [0, 0.05) is 0 Å². The first kappa shape index (κ1) is 19.7. The molecular formula is C17H21N3O5S. The fourth-order valence-electron chi connectivity index (χ4n) is 2.11. The molecule has 0 spiro atoms. The predicted molar refractivity (Wildman–Crippen MR) is 94.4 cm³/mol. The van der Waals surface area contributed by atoms with Gasteiger partial charge in [-0.2, -0.15) is 4.72 Å². The highest BCUT2D eigenvalue weighted by molar-refractivity contribution is 7.89. The molecule has 140 valence electrons. The lowest BCUT2D eigenvalue weighted by Crippen LogP contribution is -2.54. The molecule has 1 aromatic heterocycles. The van der Waals surface area contributed by atoms with E-state index in [4.69, 9.17) is 4.42 Å². The molecule has 1 aromatic carbocycles. The number of benzene rings is 1. The van der Waals surface area contributed by atoms with Crippen LogP contribution in [0.25, 0.3) is 0 Å². The van der Waals surface area contributed by atoms with E-state index in [0.717, 1.165) is 5.56 Å². The van der Waals surface area contributed by atoms with E-state index in [0.29, 0.717) is 0 Å². The number of hydrogen-bond donors (Lipinski definition) is 3. The maximum Gasteiger partial charge on any atom is 0.305 e. The van der Waals surface area contributed by atoms with Gasteiger partial charge in [0.15, 0.2) is 5.76 Å². The summed E-state index contributed by atoms with van der Waals surface area (Å²) in [4.78, 5) is 24.2. The van der Waals surface area contributed by atoms with Gasteiger partial charge in [-0.1, -0.05) is 31.5 Å². The van der Waals surface area contributed by atoms with Crippen LogP contribution in [0, 0.1) is 12.8 Å². The van der Waals surface area contributed by atoms with Crippen LogP contribution in [0.5, 0.6) is 0 Å². The standard InChI is InChI=1S/C17H21N3O5S/c1-11(2)15(17(22)19-18-16(21)14-5-4-10-25-14)20-26(23,24)13-8-6-12(3)7-9-13/h4-11,15,20H,1-3H3,(H,18,21)(H,19,22)/t15-/m1/s1. The summed E-state index contributed by atoms with van der Waals surface area (Å²) in [6, 6.07) is 8.16. The number of aryl methyl sites for hydroxylation is 1. The van der Waals surface area contributed by atoms with Crippen molar-refractivity contribution < 1.29 is 22.4 Å². The molecule has 0 saturated carbocycles. The van der Waals surface area contributed by atoms with Crippen molar-refractivity contribution in [2.45, 2.75) is 31.7 Å². The Morgan fingerprint density at radius 3 is 2.23 bits per heavy atom. The number of carbonyl (C=O) groups is 2. The van der Waals surface area contributed by atoms with E-state index in [-0.39, 0.29) is 16.6 Å². The molecule has 2 rings (SSSR count). The maximum atomic E-state index is 12.5. The van der Waals surface area contributed by atoms with E-state index in [2.05, 4.69) is 15.6 Å². The third-order valence-electron chi connectivity index (χ3n) is 3.61. The van der Waals surface area contributed by atoms with Gasteiger partial charge in [-0.05, 0) is 37.1 Å². The van der Waals surface area contributed by atoms with E-state index in [1.54, 1.807) is 26.0 Å². The Balaban J connectivity index is 2.06. The molecule has 3 N–H and O–H groups in total. The average Bonchev–Trinajstić information content (AvgIpc) is 3.12. The summed E-state index contributed by atoms with van der Waals surface area (Å²) in [5, 5.41) is 0. The normalized spacial score (nSPS) is 12.6. The molecule has 1 atom stereocenters. The molecule has 0 aliphatic heterocycles. The largest absolute Gasteiger partial charge is 0.459 e. The molecule has 0 unspecified atom stereocenters. The third-order valence-corrected chi connectivity index (χ3v) is 5.06. The van der Waals surface area contributed by atoms with Gasteiger partial charge >= 0.3 is 5.91 Å². The molecule has 2 aromatic rings. The molecule has 26 heavy (non-hydrogen) atoms. The van der Waals surface area contributed by atoms with Gasteiger partial charge in [0.05, 0.1) is 11.2 Å². The number of sulfonamides is 1. The van der Waals surface area contributed by atoms with Crippen LogP contribution in [0.1, 0.15) is 30.0 Å². The van der Waals surface area contributed by atoms with Gasteiger partial charge in [0.2, 0.25) is 10.0 Å². The smallest absolute Gasteiger partial charge is 0.305 e. The van der Waals surface area contributed by atoms with Gasteiger partial charge in [-0.15, -0.1) is 0 Å². The highest BCUT2D eigenvalue weighted by Gasteiger charge is 2.28. The molecule has 2 amide bonds. The van der Waals surface area contributed by atoms with E-state index >= 15 is 0 Å². The number of amides is 2. The number of nitrogens with one attached hydrogen (secondary N) is 3. The van der Waals surface area contributed by atoms with Crippen LogP contribution in [-0.4, -0.2) is 26.3 Å². The van der Waals surface area contributed by atoms with Crippen molar-refractivity contribution in [1.82, 2.24) is 15.6 Å². The van der Waals surface area contributed by atoms with Gasteiger partial charge in [0.25, 0.3) is 5.91 Å². The zero-order valence-electron chi connectivity index (χ0n) is 14.6. The number of rotatable bonds is 6. The molecule has 0 saturated heterocycles. The van der Waals surface area contributed by atoms with Gasteiger partial charge in [-0.3, -0.25) is 20.4 Å². The molecule has 9 heteroatoms. The first-order valence-corrected chi connectivity index (χ1v) is 9.41. The molecule has 0 fully saturated rings. The fraction of sp³-hybridized carbons (Fsp3) is 0.294. The molecule has 8 nitrogen and oxygen atoms in total. The first-order chi connectivity index (χ1) is 12.2. The van der Waals surface area contributed by atoms with Crippen LogP contribution in [0.2, 0.25) is 0 Å². The van der Waals surface area contributed by atoms with Crippen LogP contribution in [0.4, 0.5) is 0 Å². The lowest BCUT2D eigenvalue weighted by molar-refractivity contribution is -0.124. The molecule has 0 aliphatic carbocycles. The Bertz CT molecular complexity index is 858. The second-order valence-corrected chi connectivity index (χ2v) is 7.79. The van der Waals surface area contributed by atoms with Gasteiger partial charge < -0.3 is 4.42 Å². The highest BCUT2D eigenvalue weighted by atomic mass is 32.2. The molecular weight excluding hydrogens is 358 g/mol. The molecule has 1 heterocycles. The second-order valence-electron chi connectivity index (χ2n) is 6.08. The first-order valence-electron chi connectivity index (χ1n) is 7.93. The van der Waals surface area contributed by atoms with E-state index < -0.39 is 27.9 Å². The Morgan fingerprint density at radius 2 is 1.69 bits per heavy atom. The highest BCUT2D eigenvalue weighted by Crippen LogP contribution is 2.13. The fourth-order valence-corrected chi connectivity index (χ4v) is 3.45. The summed E-state index contributed by atoms with van der Waals surface area (Å²) in [6.45, 7) is 5.22. The lowest BCUT2D eigenvalue weighted by Gasteiger charge is -2.21. The minimum atomic E-state index is -3.89. The van der Waals surface area contributed by atoms with Crippen molar-refractivity contribution in [3.05, 3.63) is 54.0 Å². The monoisotopic (exact) mass is 379 g/mol. The average molecular weight is 379 g/mol. The number of hydrazine groups is 1. The summed E-state index contributed by atoms with van der Waals surface area (Å²) in [7, 11) is -3.89. The zero-order chi connectivity index (χ0) is 19.3. The number of hydrogen-bond acceptors (Lipinski definition) is 5. The van der Waals surface area contributed by atoms with Crippen LogP contribution in [-0.2, 0) is 14.8 Å². The van der Waals surface area contributed by atoms with E-state index in [1.165, 1.54) is 30.5 Å². The van der Waals surface area contributed by atoms with Crippen LogP contribution in [0.3, 0.4) is 0 Å². The second kappa shape index (κ2) is 8.15. The van der Waals surface area contributed by atoms with Gasteiger partial charge in [0.1, 0.15) is 6.04 Å². The van der Waals surface area contributed by atoms with E-state index in [1.807, 2.05) is 6.92 Å². The topological polar surface area (TPSA) is 118 Å². The maximum absolute atomic E-state index is 12.5. The van der Waals surface area contributed by atoms with Crippen LogP contribution >= 0.6 is 0 Å². The Hall–Kier alpha value is -2.65. The minimum Gasteiger partial charge on any atom is -0.459 e. The van der Waals surface area contributed by atoms with E-state index in [9.17, 15) is 18.0 Å². The predicted octanol–water partition coefficient (Wildman–Crippen LogP) is 1.35. The zero-order valence-corrected chi connectivity index (χ0v) is 15.5. The van der Waals surface area contributed by atoms with Crippen molar-refractivity contribution >= 4 is 21.8 Å². The van der Waals surface area contributed by atoms with Gasteiger partial charge in [-0.25, -0.2) is 8.42 Å². The molecule has 0 bridgehead atoms. The number of furan rings is 1. The SMILES string of the molecule is Cc1ccc(S(=O)(=O)N[C@@H](C(=O)NNC(=O)c2ccco2)C(C)C)cc1. The van der Waals surface area contributed by atoms with Crippen molar-refractivity contribution in [3.63, 3.8) is 0 Å². The summed E-state index contributed by atoms with van der Waals surface area (Å²) in [6.07, 6.45) is 1.32. The number of carbonyl (C=O) groups excluding carboxylic acids is 2.